The summed E-state index contributed by atoms with van der Waals surface area (Å²) in [6, 6.07) is 0. The van der Waals surface area contributed by atoms with Crippen LogP contribution >= 0.6 is 0 Å². The van der Waals surface area contributed by atoms with Gasteiger partial charge in [0, 0.05) is 25.8 Å². The third-order valence-electron chi connectivity index (χ3n) is 1.03. The minimum Gasteiger partial charge on any atom is -0.464 e. The Morgan fingerprint density at radius 2 is 2.00 bits per heavy atom. The van der Waals surface area contributed by atoms with E-state index >= 15 is 0 Å². The molecule has 0 amide bonds. The second-order valence-corrected chi connectivity index (χ2v) is 3.96. The third-order valence-corrected chi connectivity index (χ3v) is 2.18. The minimum absolute atomic E-state index is 0. The monoisotopic (exact) mass is 189 g/mol. The molecule has 1 N–H and O–H groups in total. The van der Waals surface area contributed by atoms with Crippen molar-refractivity contribution in [2.75, 3.05) is 6.61 Å². The molecular formula is C5H10LiO5S. The molecule has 0 spiro atoms. The first-order valence-electron chi connectivity index (χ1n) is 2.93. The molecule has 0 fully saturated rings. The Hall–Kier alpha value is -0.0226. The van der Waals surface area contributed by atoms with Crippen molar-refractivity contribution in [2.45, 2.75) is 19.1 Å². The molecule has 1 atom stereocenters. The van der Waals surface area contributed by atoms with Gasteiger partial charge in [0.25, 0.3) is 10.1 Å². The molecular weight excluding hydrogens is 179 g/mol. The van der Waals surface area contributed by atoms with Crippen molar-refractivity contribution in [3.8, 4) is 0 Å². The summed E-state index contributed by atoms with van der Waals surface area (Å²) in [5.41, 5.74) is 0. The largest absolute Gasteiger partial charge is 0.464 e. The standard InChI is InChI=1S/C5H10O5S.Li/c1-4(11(7,8)9)3-10-5(2)6;/h4H,3H2,1-2H3,(H,7,8,9);. The quantitative estimate of drug-likeness (QED) is 0.366. The summed E-state index contributed by atoms with van der Waals surface area (Å²) < 4.78 is 33.3. The van der Waals surface area contributed by atoms with Gasteiger partial charge in [0.1, 0.15) is 11.9 Å². The van der Waals surface area contributed by atoms with Gasteiger partial charge in [-0.2, -0.15) is 8.42 Å². The molecule has 0 aromatic carbocycles. The number of hydrogen-bond acceptors (Lipinski definition) is 4. The van der Waals surface area contributed by atoms with Crippen molar-refractivity contribution in [1.82, 2.24) is 0 Å². The smallest absolute Gasteiger partial charge is 0.302 e. The zero-order valence-corrected chi connectivity index (χ0v) is 8.09. The number of hydrogen-bond donors (Lipinski definition) is 1. The molecule has 0 aromatic heterocycles. The van der Waals surface area contributed by atoms with Crippen molar-refractivity contribution < 1.29 is 22.5 Å². The van der Waals surface area contributed by atoms with E-state index in [0.717, 1.165) is 6.92 Å². The van der Waals surface area contributed by atoms with Crippen LogP contribution in [0.5, 0.6) is 0 Å². The van der Waals surface area contributed by atoms with Crippen LogP contribution in [0.15, 0.2) is 0 Å². The van der Waals surface area contributed by atoms with Crippen molar-refractivity contribution in [1.29, 1.82) is 0 Å². The van der Waals surface area contributed by atoms with E-state index in [1.165, 1.54) is 6.92 Å². The zero-order chi connectivity index (χ0) is 9.07. The van der Waals surface area contributed by atoms with Crippen molar-refractivity contribution in [2.24, 2.45) is 0 Å². The number of rotatable bonds is 3. The summed E-state index contributed by atoms with van der Waals surface area (Å²) in [6.07, 6.45) is 0. The van der Waals surface area contributed by atoms with Gasteiger partial charge in [0.15, 0.2) is 0 Å². The minimum atomic E-state index is -4.08. The van der Waals surface area contributed by atoms with Crippen LogP contribution in [0.1, 0.15) is 13.8 Å². The predicted octanol–water partition coefficient (Wildman–Crippen LogP) is -0.555. The predicted molar refractivity (Wildman–Crippen MR) is 43.4 cm³/mol. The average molecular weight is 189 g/mol. The Labute approximate surface area is 83.4 Å². The Bertz CT molecular complexity index is 234. The van der Waals surface area contributed by atoms with E-state index in [9.17, 15) is 13.2 Å². The topological polar surface area (TPSA) is 80.7 Å². The van der Waals surface area contributed by atoms with Crippen LogP contribution in [0.25, 0.3) is 0 Å². The van der Waals surface area contributed by atoms with Gasteiger partial charge in [-0.1, -0.05) is 0 Å². The molecule has 0 saturated carbocycles. The summed E-state index contributed by atoms with van der Waals surface area (Å²) in [4.78, 5) is 10.2. The molecule has 0 heterocycles. The van der Waals surface area contributed by atoms with E-state index in [1.807, 2.05) is 0 Å². The maximum Gasteiger partial charge on any atom is 0.302 e. The van der Waals surface area contributed by atoms with Gasteiger partial charge in [-0.3, -0.25) is 9.35 Å². The second-order valence-electron chi connectivity index (χ2n) is 2.13. The fraction of sp³-hybridized carbons (Fsp3) is 0.800. The van der Waals surface area contributed by atoms with E-state index in [1.54, 1.807) is 0 Å². The number of carbonyl (C=O) groups excluding carboxylic acids is 1. The van der Waals surface area contributed by atoms with E-state index in [4.69, 9.17) is 4.55 Å². The second kappa shape index (κ2) is 5.59. The fourth-order valence-corrected chi connectivity index (χ4v) is 0.561. The molecule has 0 aliphatic heterocycles. The number of carbonyl (C=O) groups is 1. The first-order valence-corrected chi connectivity index (χ1v) is 4.44. The van der Waals surface area contributed by atoms with Crippen molar-refractivity contribution in [3.05, 3.63) is 0 Å². The van der Waals surface area contributed by atoms with Gasteiger partial charge in [0.2, 0.25) is 0 Å². The summed E-state index contributed by atoms with van der Waals surface area (Å²) >= 11 is 0. The van der Waals surface area contributed by atoms with Crippen LogP contribution in [0.4, 0.5) is 0 Å². The van der Waals surface area contributed by atoms with Crippen LogP contribution in [-0.4, -0.2) is 49.7 Å². The van der Waals surface area contributed by atoms with E-state index < -0.39 is 21.3 Å². The SMILES string of the molecule is CC(=O)OCC(C)S(=O)(=O)O.[Li]. The molecule has 0 saturated heterocycles. The molecule has 5 nitrogen and oxygen atoms in total. The van der Waals surface area contributed by atoms with Gasteiger partial charge in [-0.25, -0.2) is 0 Å². The Morgan fingerprint density at radius 1 is 1.58 bits per heavy atom. The first-order chi connectivity index (χ1) is 4.84. The molecule has 7 heteroatoms. The van der Waals surface area contributed by atoms with Crippen molar-refractivity contribution >= 4 is 34.9 Å². The Morgan fingerprint density at radius 3 is 2.25 bits per heavy atom. The number of ether oxygens (including phenoxy) is 1. The van der Waals surface area contributed by atoms with Gasteiger partial charge in [0.05, 0.1) is 0 Å². The molecule has 0 rings (SSSR count). The van der Waals surface area contributed by atoms with Gasteiger partial charge in [-0.15, -0.1) is 0 Å². The first kappa shape index (κ1) is 14.5. The van der Waals surface area contributed by atoms with Gasteiger partial charge in [-0.05, 0) is 6.92 Å². The molecule has 67 valence electrons. The number of esters is 1. The van der Waals surface area contributed by atoms with Crippen LogP contribution in [0, 0.1) is 0 Å². The van der Waals surface area contributed by atoms with E-state index in [-0.39, 0.29) is 25.5 Å². The van der Waals surface area contributed by atoms with E-state index in [2.05, 4.69) is 4.74 Å². The zero-order valence-electron chi connectivity index (χ0n) is 7.27. The Kier molecular flexibility index (Phi) is 6.76. The van der Waals surface area contributed by atoms with Crippen LogP contribution in [0.2, 0.25) is 0 Å². The van der Waals surface area contributed by atoms with Gasteiger partial charge >= 0.3 is 5.97 Å². The van der Waals surface area contributed by atoms with Gasteiger partial charge < -0.3 is 4.74 Å². The van der Waals surface area contributed by atoms with Crippen LogP contribution < -0.4 is 0 Å². The average Bonchev–Trinajstić information content (AvgIpc) is 1.80. The Balaban J connectivity index is 0. The molecule has 1 radical (unpaired) electrons. The maximum absolute atomic E-state index is 10.3. The fourth-order valence-electron chi connectivity index (χ4n) is 0.321. The molecule has 0 bridgehead atoms. The molecule has 12 heavy (non-hydrogen) atoms. The maximum atomic E-state index is 10.3. The third kappa shape index (κ3) is 6.67. The molecule has 0 aromatic rings. The van der Waals surface area contributed by atoms with Crippen molar-refractivity contribution in [3.63, 3.8) is 0 Å². The summed E-state index contributed by atoms with van der Waals surface area (Å²) in [5, 5.41) is -1.06. The molecule has 0 aliphatic carbocycles. The van der Waals surface area contributed by atoms with E-state index in [0.29, 0.717) is 0 Å². The van der Waals surface area contributed by atoms with Crippen LogP contribution in [0.3, 0.4) is 0 Å². The summed E-state index contributed by atoms with van der Waals surface area (Å²) in [7, 11) is -4.08. The normalized spacial score (nSPS) is 12.9. The summed E-state index contributed by atoms with van der Waals surface area (Å²) in [5.74, 6) is -0.569. The molecule has 0 aliphatic rings. The summed E-state index contributed by atoms with van der Waals surface area (Å²) in [6.45, 7) is 2.10. The van der Waals surface area contributed by atoms with Crippen LogP contribution in [-0.2, 0) is 19.6 Å². The molecule has 1 unspecified atom stereocenters.